The summed E-state index contributed by atoms with van der Waals surface area (Å²) in [5.41, 5.74) is 0. The highest BCUT2D eigenvalue weighted by atomic mass is 35.5. The number of halogens is 1. The van der Waals surface area contributed by atoms with Gasteiger partial charge in [-0.05, 0) is 19.1 Å². The fourth-order valence-corrected chi connectivity index (χ4v) is 1.96. The summed E-state index contributed by atoms with van der Waals surface area (Å²) in [6.45, 7) is 1.91. The molecule has 0 fully saturated rings. The predicted molar refractivity (Wildman–Crippen MR) is 55.3 cm³/mol. The Hall–Kier alpha value is -0.740. The molecule has 0 saturated carbocycles. The fraction of sp³-hybridized carbons (Fsp3) is 0.375. The third-order valence-electron chi connectivity index (χ3n) is 1.60. The van der Waals surface area contributed by atoms with Crippen LogP contribution in [-0.2, 0) is 0 Å². The van der Waals surface area contributed by atoms with Gasteiger partial charge in [-0.15, -0.1) is 11.3 Å². The van der Waals surface area contributed by atoms with Gasteiger partial charge < -0.3 is 10.6 Å². The average Bonchev–Trinajstić information content (AvgIpc) is 2.51. The number of urea groups is 1. The van der Waals surface area contributed by atoms with Gasteiger partial charge in [0.05, 0.1) is 10.4 Å². The number of nitrogens with one attached hydrogen (secondary N) is 2. The second-order valence-electron chi connectivity index (χ2n) is 2.59. The second kappa shape index (κ2) is 4.48. The zero-order valence-electron chi connectivity index (χ0n) is 7.43. The molecule has 2 amide bonds. The van der Waals surface area contributed by atoms with Gasteiger partial charge in [-0.2, -0.15) is 0 Å². The number of hydrogen-bond acceptors (Lipinski definition) is 2. The summed E-state index contributed by atoms with van der Waals surface area (Å²) in [4.78, 5) is 12.0. The molecule has 0 aliphatic rings. The van der Waals surface area contributed by atoms with Crippen LogP contribution < -0.4 is 10.6 Å². The van der Waals surface area contributed by atoms with Gasteiger partial charge in [-0.3, -0.25) is 0 Å². The Kier molecular flexibility index (Phi) is 3.57. The van der Waals surface area contributed by atoms with Gasteiger partial charge in [0.2, 0.25) is 0 Å². The molecule has 13 heavy (non-hydrogen) atoms. The third-order valence-corrected chi connectivity index (χ3v) is 3.01. The molecule has 0 unspecified atom stereocenters. The van der Waals surface area contributed by atoms with Crippen molar-refractivity contribution in [2.75, 3.05) is 7.05 Å². The number of hydrogen-bond donors (Lipinski definition) is 2. The van der Waals surface area contributed by atoms with Crippen molar-refractivity contribution >= 4 is 29.0 Å². The van der Waals surface area contributed by atoms with Crippen LogP contribution in [-0.4, -0.2) is 13.1 Å². The Morgan fingerprint density at radius 1 is 1.62 bits per heavy atom. The third kappa shape index (κ3) is 2.90. The molecular formula is C8H11ClN2OS. The van der Waals surface area contributed by atoms with Crippen molar-refractivity contribution in [3.63, 3.8) is 0 Å². The molecule has 1 aromatic heterocycles. The molecule has 1 aromatic rings. The summed E-state index contributed by atoms with van der Waals surface area (Å²) in [6, 6.07) is 3.55. The van der Waals surface area contributed by atoms with Crippen LogP contribution in [0.2, 0.25) is 4.34 Å². The van der Waals surface area contributed by atoms with Gasteiger partial charge in [0.1, 0.15) is 0 Å². The van der Waals surface area contributed by atoms with E-state index in [1.165, 1.54) is 11.3 Å². The van der Waals surface area contributed by atoms with Crippen molar-refractivity contribution in [2.45, 2.75) is 13.0 Å². The van der Waals surface area contributed by atoms with E-state index in [1.807, 2.05) is 19.1 Å². The molecule has 0 aliphatic carbocycles. The number of rotatable bonds is 2. The minimum Gasteiger partial charge on any atom is -0.341 e. The van der Waals surface area contributed by atoms with Crippen molar-refractivity contribution in [3.8, 4) is 0 Å². The summed E-state index contributed by atoms with van der Waals surface area (Å²) >= 11 is 7.24. The van der Waals surface area contributed by atoms with E-state index in [4.69, 9.17) is 11.6 Å². The van der Waals surface area contributed by atoms with Crippen molar-refractivity contribution in [1.82, 2.24) is 10.6 Å². The Morgan fingerprint density at radius 3 is 2.77 bits per heavy atom. The van der Waals surface area contributed by atoms with Gasteiger partial charge in [-0.25, -0.2) is 4.79 Å². The van der Waals surface area contributed by atoms with E-state index in [0.29, 0.717) is 0 Å². The summed E-state index contributed by atoms with van der Waals surface area (Å²) < 4.78 is 0.737. The summed E-state index contributed by atoms with van der Waals surface area (Å²) in [7, 11) is 1.59. The first-order chi connectivity index (χ1) is 6.13. The van der Waals surface area contributed by atoms with Crippen LogP contribution in [0.25, 0.3) is 0 Å². The normalized spacial score (nSPS) is 12.2. The predicted octanol–water partition coefficient (Wildman–Crippen LogP) is 2.39. The van der Waals surface area contributed by atoms with E-state index in [2.05, 4.69) is 10.6 Å². The van der Waals surface area contributed by atoms with Gasteiger partial charge in [0, 0.05) is 11.9 Å². The van der Waals surface area contributed by atoms with Crippen molar-refractivity contribution in [3.05, 3.63) is 21.3 Å². The van der Waals surface area contributed by atoms with Crippen LogP contribution in [0.1, 0.15) is 17.8 Å². The zero-order chi connectivity index (χ0) is 9.84. The largest absolute Gasteiger partial charge is 0.341 e. The van der Waals surface area contributed by atoms with E-state index < -0.39 is 0 Å². The molecule has 72 valence electrons. The highest BCUT2D eigenvalue weighted by molar-refractivity contribution is 7.16. The molecular weight excluding hydrogens is 208 g/mol. The maximum absolute atomic E-state index is 11.0. The zero-order valence-corrected chi connectivity index (χ0v) is 9.00. The first-order valence-corrected chi connectivity index (χ1v) is 5.06. The molecule has 1 heterocycles. The van der Waals surface area contributed by atoms with E-state index >= 15 is 0 Å². The lowest BCUT2D eigenvalue weighted by Gasteiger charge is -2.10. The van der Waals surface area contributed by atoms with E-state index in [9.17, 15) is 4.79 Å². The molecule has 0 aliphatic heterocycles. The quantitative estimate of drug-likeness (QED) is 0.787. The number of carbonyl (C=O) groups is 1. The van der Waals surface area contributed by atoms with Crippen LogP contribution in [0.15, 0.2) is 12.1 Å². The molecule has 1 atom stereocenters. The Labute approximate surface area is 86.1 Å². The van der Waals surface area contributed by atoms with Crippen molar-refractivity contribution in [2.24, 2.45) is 0 Å². The monoisotopic (exact) mass is 218 g/mol. The SMILES string of the molecule is CNC(=O)N[C@H](C)c1ccc(Cl)s1. The molecule has 0 radical (unpaired) electrons. The van der Waals surface area contributed by atoms with Crippen LogP contribution in [0.5, 0.6) is 0 Å². The lowest BCUT2D eigenvalue weighted by molar-refractivity contribution is 0.240. The average molecular weight is 219 g/mol. The Morgan fingerprint density at radius 2 is 2.31 bits per heavy atom. The van der Waals surface area contributed by atoms with Gasteiger partial charge in [-0.1, -0.05) is 11.6 Å². The molecule has 0 saturated heterocycles. The van der Waals surface area contributed by atoms with Crippen molar-refractivity contribution < 1.29 is 4.79 Å². The summed E-state index contributed by atoms with van der Waals surface area (Å²) in [6.07, 6.45) is 0. The van der Waals surface area contributed by atoms with Crippen LogP contribution in [0, 0.1) is 0 Å². The van der Waals surface area contributed by atoms with Crippen molar-refractivity contribution in [1.29, 1.82) is 0 Å². The maximum Gasteiger partial charge on any atom is 0.315 e. The Balaban J connectivity index is 2.58. The van der Waals surface area contributed by atoms with Gasteiger partial charge in [0.15, 0.2) is 0 Å². The lowest BCUT2D eigenvalue weighted by Crippen LogP contribution is -2.34. The fourth-order valence-electron chi connectivity index (χ4n) is 0.901. The van der Waals surface area contributed by atoms with Crippen LogP contribution >= 0.6 is 22.9 Å². The molecule has 0 bridgehead atoms. The highest BCUT2D eigenvalue weighted by Crippen LogP contribution is 2.26. The van der Waals surface area contributed by atoms with E-state index in [-0.39, 0.29) is 12.1 Å². The smallest absolute Gasteiger partial charge is 0.315 e. The van der Waals surface area contributed by atoms with Gasteiger partial charge >= 0.3 is 6.03 Å². The minimum absolute atomic E-state index is 0.00236. The van der Waals surface area contributed by atoms with Gasteiger partial charge in [0.25, 0.3) is 0 Å². The molecule has 0 spiro atoms. The van der Waals surface area contributed by atoms with E-state index in [0.717, 1.165) is 9.21 Å². The molecule has 5 heteroatoms. The number of thiophene rings is 1. The first kappa shape index (κ1) is 10.3. The molecule has 3 nitrogen and oxygen atoms in total. The molecule has 1 rings (SSSR count). The van der Waals surface area contributed by atoms with E-state index in [1.54, 1.807) is 7.05 Å². The Bertz CT molecular complexity index is 300. The number of carbonyl (C=O) groups excluding carboxylic acids is 1. The molecule has 2 N–H and O–H groups in total. The minimum atomic E-state index is -0.183. The summed E-state index contributed by atoms with van der Waals surface area (Å²) in [5.74, 6) is 0. The standard InChI is InChI=1S/C8H11ClN2OS/c1-5(11-8(12)10-2)6-3-4-7(9)13-6/h3-5H,1-2H3,(H2,10,11,12)/t5-/m1/s1. The second-order valence-corrected chi connectivity index (χ2v) is 4.33. The summed E-state index contributed by atoms with van der Waals surface area (Å²) in [5, 5.41) is 5.25. The maximum atomic E-state index is 11.0. The van der Waals surface area contributed by atoms with Crippen LogP contribution in [0.3, 0.4) is 0 Å². The lowest BCUT2D eigenvalue weighted by atomic mass is 10.3. The first-order valence-electron chi connectivity index (χ1n) is 3.87. The highest BCUT2D eigenvalue weighted by Gasteiger charge is 2.09. The molecule has 0 aromatic carbocycles. The topological polar surface area (TPSA) is 41.1 Å². The van der Waals surface area contributed by atoms with Crippen LogP contribution in [0.4, 0.5) is 4.79 Å². The number of amides is 2.